The van der Waals surface area contributed by atoms with Crippen LogP contribution >= 0.6 is 0 Å². The molecule has 0 aliphatic carbocycles. The van der Waals surface area contributed by atoms with Crippen molar-refractivity contribution >= 4 is 23.8 Å². The van der Waals surface area contributed by atoms with Crippen molar-refractivity contribution in [3.05, 3.63) is 11.1 Å². The summed E-state index contributed by atoms with van der Waals surface area (Å²) in [7, 11) is 0. The molecule has 0 aromatic carbocycles. The first kappa shape index (κ1) is 19.9. The van der Waals surface area contributed by atoms with Gasteiger partial charge in [0.15, 0.2) is 0 Å². The predicted molar refractivity (Wildman–Crippen MR) is 85.8 cm³/mol. The van der Waals surface area contributed by atoms with Gasteiger partial charge in [0.1, 0.15) is 6.61 Å². The molecule has 0 bridgehead atoms. The van der Waals surface area contributed by atoms with Crippen LogP contribution in [0.1, 0.15) is 58.8 Å². The number of hydrogen-bond acceptors (Lipinski definition) is 6. The van der Waals surface area contributed by atoms with E-state index in [9.17, 15) is 19.2 Å². The van der Waals surface area contributed by atoms with E-state index in [1.165, 1.54) is 0 Å². The lowest BCUT2D eigenvalue weighted by molar-refractivity contribution is -0.159. The van der Waals surface area contributed by atoms with E-state index in [1.807, 2.05) is 6.92 Å². The first-order chi connectivity index (χ1) is 11.4. The molecule has 7 nitrogen and oxygen atoms in total. The lowest BCUT2D eigenvalue weighted by Gasteiger charge is -2.11. The van der Waals surface area contributed by atoms with Crippen LogP contribution in [0, 0.1) is 0 Å². The Balaban J connectivity index is 2.51. The lowest BCUT2D eigenvalue weighted by atomic mass is 9.98. The number of ether oxygens (including phenoxy) is 2. The molecule has 1 heterocycles. The summed E-state index contributed by atoms with van der Waals surface area (Å²) in [6.45, 7) is 3.95. The molecule has 0 aromatic heterocycles. The zero-order chi connectivity index (χ0) is 17.9. The van der Waals surface area contributed by atoms with E-state index in [-0.39, 0.29) is 37.9 Å². The zero-order valence-corrected chi connectivity index (χ0v) is 14.3. The Labute approximate surface area is 141 Å². The van der Waals surface area contributed by atoms with E-state index in [2.05, 4.69) is 10.1 Å². The standard InChI is InChI=1S/C17H25NO6/c1-3-5-14(19)23-11-10-18-17(22)12(2)13-6-4-7-15(20)24-16(21)9-8-13/h3-11H2,1-2H3,(H,18,22)/b13-12-. The summed E-state index contributed by atoms with van der Waals surface area (Å²) >= 11 is 0. The highest BCUT2D eigenvalue weighted by Gasteiger charge is 2.18. The van der Waals surface area contributed by atoms with Gasteiger partial charge in [0, 0.05) is 24.8 Å². The summed E-state index contributed by atoms with van der Waals surface area (Å²) in [5.74, 6) is -1.61. The fraction of sp³-hybridized carbons (Fsp3) is 0.647. The van der Waals surface area contributed by atoms with E-state index >= 15 is 0 Å². The summed E-state index contributed by atoms with van der Waals surface area (Å²) in [6, 6.07) is 0. The molecule has 24 heavy (non-hydrogen) atoms. The van der Waals surface area contributed by atoms with Gasteiger partial charge >= 0.3 is 17.9 Å². The summed E-state index contributed by atoms with van der Waals surface area (Å²) in [6.07, 6.45) is 2.86. The molecule has 7 heteroatoms. The van der Waals surface area contributed by atoms with Gasteiger partial charge in [-0.3, -0.25) is 19.2 Å². The number of hydrogen-bond donors (Lipinski definition) is 1. The van der Waals surface area contributed by atoms with E-state index in [1.54, 1.807) is 6.92 Å². The van der Waals surface area contributed by atoms with Crippen molar-refractivity contribution in [1.29, 1.82) is 0 Å². The molecule has 0 saturated carbocycles. The van der Waals surface area contributed by atoms with Crippen LogP contribution in [-0.4, -0.2) is 37.0 Å². The van der Waals surface area contributed by atoms with E-state index in [4.69, 9.17) is 4.74 Å². The average Bonchev–Trinajstić information content (AvgIpc) is 2.61. The molecule has 1 aliphatic rings. The molecule has 1 fully saturated rings. The number of allylic oxidation sites excluding steroid dienone is 1. The topological polar surface area (TPSA) is 98.8 Å². The maximum Gasteiger partial charge on any atom is 0.313 e. The van der Waals surface area contributed by atoms with Crippen LogP contribution in [0.4, 0.5) is 0 Å². The molecular formula is C17H25NO6. The quantitative estimate of drug-likeness (QED) is 0.343. The predicted octanol–water partition coefficient (Wildman–Crippen LogP) is 1.80. The van der Waals surface area contributed by atoms with Gasteiger partial charge in [-0.15, -0.1) is 0 Å². The second-order valence-electron chi connectivity index (χ2n) is 5.65. The van der Waals surface area contributed by atoms with Gasteiger partial charge < -0.3 is 14.8 Å². The summed E-state index contributed by atoms with van der Waals surface area (Å²) in [5, 5.41) is 2.69. The Bertz CT molecular complexity index is 523. The van der Waals surface area contributed by atoms with Gasteiger partial charge in [0.2, 0.25) is 5.91 Å². The number of rotatable bonds is 6. The SMILES string of the molecule is CCCC(=O)OCCNC(=O)/C(C)=C1/CCCC(=O)OC(=O)CC1. The molecule has 0 aromatic rings. The second kappa shape index (κ2) is 10.6. The Morgan fingerprint density at radius 1 is 1.12 bits per heavy atom. The molecule has 0 atom stereocenters. The molecule has 1 rings (SSSR count). The molecule has 0 unspecified atom stereocenters. The molecule has 1 amide bonds. The first-order valence-corrected chi connectivity index (χ1v) is 8.30. The normalized spacial score (nSPS) is 17.9. The van der Waals surface area contributed by atoms with Crippen molar-refractivity contribution in [2.45, 2.75) is 58.8 Å². The second-order valence-corrected chi connectivity index (χ2v) is 5.65. The summed E-state index contributed by atoms with van der Waals surface area (Å²) in [5.41, 5.74) is 1.39. The maximum atomic E-state index is 12.2. The van der Waals surface area contributed by atoms with Gasteiger partial charge in [-0.1, -0.05) is 12.5 Å². The number of cyclic esters (lactones) is 2. The average molecular weight is 339 g/mol. The fourth-order valence-corrected chi connectivity index (χ4v) is 2.33. The monoisotopic (exact) mass is 339 g/mol. The molecule has 1 saturated heterocycles. The largest absolute Gasteiger partial charge is 0.464 e. The van der Waals surface area contributed by atoms with Crippen molar-refractivity contribution in [1.82, 2.24) is 5.32 Å². The number of amides is 1. The van der Waals surface area contributed by atoms with Crippen molar-refractivity contribution in [2.24, 2.45) is 0 Å². The number of carbonyl (C=O) groups is 4. The Hall–Kier alpha value is -2.18. The zero-order valence-electron chi connectivity index (χ0n) is 14.3. The van der Waals surface area contributed by atoms with E-state index in [0.717, 1.165) is 12.0 Å². The van der Waals surface area contributed by atoms with Crippen LogP contribution in [0.2, 0.25) is 0 Å². The van der Waals surface area contributed by atoms with E-state index < -0.39 is 11.9 Å². The Morgan fingerprint density at radius 3 is 2.54 bits per heavy atom. The molecule has 134 valence electrons. The lowest BCUT2D eigenvalue weighted by Crippen LogP contribution is -2.29. The number of nitrogens with one attached hydrogen (secondary N) is 1. The summed E-state index contributed by atoms with van der Waals surface area (Å²) in [4.78, 5) is 46.1. The number of carbonyl (C=O) groups excluding carboxylic acids is 4. The highest BCUT2D eigenvalue weighted by molar-refractivity contribution is 5.94. The van der Waals surface area contributed by atoms with Crippen LogP contribution in [-0.2, 0) is 28.7 Å². The van der Waals surface area contributed by atoms with Crippen molar-refractivity contribution < 1.29 is 28.7 Å². The Morgan fingerprint density at radius 2 is 1.83 bits per heavy atom. The van der Waals surface area contributed by atoms with Gasteiger partial charge in [-0.05, 0) is 32.6 Å². The van der Waals surface area contributed by atoms with E-state index in [0.29, 0.717) is 31.3 Å². The van der Waals surface area contributed by atoms with Crippen molar-refractivity contribution in [3.63, 3.8) is 0 Å². The number of esters is 3. The summed E-state index contributed by atoms with van der Waals surface area (Å²) < 4.78 is 9.60. The highest BCUT2D eigenvalue weighted by atomic mass is 16.6. The minimum Gasteiger partial charge on any atom is -0.464 e. The molecule has 0 radical (unpaired) electrons. The van der Waals surface area contributed by atoms with Crippen LogP contribution < -0.4 is 5.32 Å². The van der Waals surface area contributed by atoms with Crippen LogP contribution in [0.3, 0.4) is 0 Å². The van der Waals surface area contributed by atoms with Crippen molar-refractivity contribution in [3.8, 4) is 0 Å². The molecule has 1 N–H and O–H groups in total. The molecular weight excluding hydrogens is 314 g/mol. The van der Waals surface area contributed by atoms with Crippen LogP contribution in [0.25, 0.3) is 0 Å². The Kier molecular flexibility index (Phi) is 8.75. The third-order valence-corrected chi connectivity index (χ3v) is 3.69. The van der Waals surface area contributed by atoms with Gasteiger partial charge in [-0.25, -0.2) is 0 Å². The minimum absolute atomic E-state index is 0.0837. The van der Waals surface area contributed by atoms with Crippen LogP contribution in [0.15, 0.2) is 11.1 Å². The third kappa shape index (κ3) is 7.39. The molecule has 0 spiro atoms. The maximum absolute atomic E-state index is 12.2. The van der Waals surface area contributed by atoms with Gasteiger partial charge in [0.05, 0.1) is 6.54 Å². The smallest absolute Gasteiger partial charge is 0.313 e. The van der Waals surface area contributed by atoms with Gasteiger partial charge in [-0.2, -0.15) is 0 Å². The van der Waals surface area contributed by atoms with Crippen LogP contribution in [0.5, 0.6) is 0 Å². The minimum atomic E-state index is -0.560. The van der Waals surface area contributed by atoms with Crippen molar-refractivity contribution in [2.75, 3.05) is 13.2 Å². The van der Waals surface area contributed by atoms with Gasteiger partial charge in [0.25, 0.3) is 0 Å². The molecule has 1 aliphatic heterocycles. The highest BCUT2D eigenvalue weighted by Crippen LogP contribution is 2.21. The first-order valence-electron chi connectivity index (χ1n) is 8.30. The third-order valence-electron chi connectivity index (χ3n) is 3.69. The fourth-order valence-electron chi connectivity index (χ4n) is 2.33.